The normalized spacial score (nSPS) is 19.0. The molecule has 2 aromatic rings. The van der Waals surface area contributed by atoms with E-state index in [4.69, 9.17) is 0 Å². The summed E-state index contributed by atoms with van der Waals surface area (Å²) >= 11 is 0. The van der Waals surface area contributed by atoms with E-state index < -0.39 is 6.36 Å². The maximum absolute atomic E-state index is 12.2. The van der Waals surface area contributed by atoms with Crippen molar-refractivity contribution in [1.82, 2.24) is 24.9 Å². The van der Waals surface area contributed by atoms with Gasteiger partial charge in [-0.3, -0.25) is 14.5 Å². The van der Waals surface area contributed by atoms with Gasteiger partial charge in [0.25, 0.3) is 0 Å². The first-order valence-corrected chi connectivity index (χ1v) is 12.1. The van der Waals surface area contributed by atoms with Crippen molar-refractivity contribution in [3.05, 3.63) is 41.2 Å². The lowest BCUT2D eigenvalue weighted by atomic mass is 10.0. The molecule has 0 aliphatic carbocycles. The smallest absolute Gasteiger partial charge is 0.406 e. The van der Waals surface area contributed by atoms with Crippen LogP contribution >= 0.6 is 0 Å². The van der Waals surface area contributed by atoms with Gasteiger partial charge in [-0.05, 0) is 57.7 Å². The van der Waals surface area contributed by atoms with Crippen molar-refractivity contribution in [3.63, 3.8) is 0 Å². The van der Waals surface area contributed by atoms with Crippen LogP contribution < -0.4 is 10.1 Å². The van der Waals surface area contributed by atoms with E-state index >= 15 is 0 Å². The second-order valence-corrected chi connectivity index (χ2v) is 9.31. The fraction of sp³-hybridized carbons (Fsp3) is 0.560. The van der Waals surface area contributed by atoms with Gasteiger partial charge in [0.2, 0.25) is 12.3 Å². The third-order valence-corrected chi connectivity index (χ3v) is 6.74. The number of amides is 2. The van der Waals surface area contributed by atoms with Crippen LogP contribution in [0.2, 0.25) is 0 Å². The number of hydrogen-bond donors (Lipinski definition) is 1. The zero-order valence-electron chi connectivity index (χ0n) is 21.1. The van der Waals surface area contributed by atoms with Gasteiger partial charge in [-0.2, -0.15) is 5.10 Å². The van der Waals surface area contributed by atoms with Crippen LogP contribution in [-0.2, 0) is 9.59 Å². The summed E-state index contributed by atoms with van der Waals surface area (Å²) in [4.78, 5) is 25.9. The number of rotatable bonds is 5. The number of alkyl halides is 3. The molecule has 0 saturated carbocycles. The summed E-state index contributed by atoms with van der Waals surface area (Å²) in [5.41, 5.74) is 3.29. The molecule has 1 atom stereocenters. The summed E-state index contributed by atoms with van der Waals surface area (Å²) in [6.07, 6.45) is -0.575. The number of aromatic nitrogens is 2. The summed E-state index contributed by atoms with van der Waals surface area (Å²) in [6, 6.07) is 6.66. The number of halogens is 3. The fourth-order valence-electron chi connectivity index (χ4n) is 4.67. The standard InChI is InChI=1S/C13H13F3N2O.C12H21N3O2/c1-8-9(2)17-18(10(8)3)11-5-4-6-12(7-11)19-13(14,15)16;1-10(17)13-11-2-7-15(8-11)12-3-5-14(9-16)6-4-12/h4-7H,1-3H3;9,11-12H,2-8H2,1H3,(H,13,17)/t;11-/m.0/s1. The number of aryl methyl sites for hydroxylation is 1. The molecule has 2 aliphatic heterocycles. The number of benzene rings is 1. The Morgan fingerprint density at radius 3 is 2.39 bits per heavy atom. The molecule has 11 heteroatoms. The van der Waals surface area contributed by atoms with Gasteiger partial charge in [0.1, 0.15) is 5.75 Å². The lowest BCUT2D eigenvalue weighted by molar-refractivity contribution is -0.274. The van der Waals surface area contributed by atoms with Gasteiger partial charge in [0, 0.05) is 56.9 Å². The molecular weight excluding hydrogens is 475 g/mol. The van der Waals surface area contributed by atoms with Crippen molar-refractivity contribution in [3.8, 4) is 11.4 Å². The molecule has 0 radical (unpaired) electrons. The van der Waals surface area contributed by atoms with Crippen LogP contribution in [0, 0.1) is 20.8 Å². The van der Waals surface area contributed by atoms with E-state index in [0.717, 1.165) is 68.8 Å². The lowest BCUT2D eigenvalue weighted by Gasteiger charge is -2.35. The highest BCUT2D eigenvalue weighted by molar-refractivity contribution is 5.73. The number of hydrogen-bond acceptors (Lipinski definition) is 5. The maximum Gasteiger partial charge on any atom is 0.573 e. The molecule has 2 saturated heterocycles. The summed E-state index contributed by atoms with van der Waals surface area (Å²) in [5, 5.41) is 7.28. The zero-order valence-corrected chi connectivity index (χ0v) is 21.1. The molecule has 1 aromatic carbocycles. The van der Waals surface area contributed by atoms with E-state index in [-0.39, 0.29) is 11.7 Å². The first kappa shape index (κ1) is 27.5. The lowest BCUT2D eigenvalue weighted by Crippen LogP contribution is -2.45. The Balaban J connectivity index is 0.000000202. The number of ether oxygens (including phenoxy) is 1. The average molecular weight is 510 g/mol. The Morgan fingerprint density at radius 2 is 1.83 bits per heavy atom. The van der Waals surface area contributed by atoms with E-state index in [9.17, 15) is 22.8 Å². The first-order valence-electron chi connectivity index (χ1n) is 12.1. The molecule has 8 nitrogen and oxygen atoms in total. The molecule has 1 N–H and O–H groups in total. The highest BCUT2D eigenvalue weighted by Gasteiger charge is 2.31. The van der Waals surface area contributed by atoms with Crippen LogP contribution in [0.5, 0.6) is 5.75 Å². The van der Waals surface area contributed by atoms with Crippen LogP contribution in [0.1, 0.15) is 43.1 Å². The minimum absolute atomic E-state index is 0.0626. The van der Waals surface area contributed by atoms with Crippen molar-refractivity contribution in [2.45, 2.75) is 65.4 Å². The predicted molar refractivity (Wildman–Crippen MR) is 129 cm³/mol. The van der Waals surface area contributed by atoms with E-state index in [1.807, 2.05) is 25.7 Å². The largest absolute Gasteiger partial charge is 0.573 e. The second kappa shape index (κ2) is 11.8. The number of likely N-dealkylation sites (tertiary alicyclic amines) is 2. The van der Waals surface area contributed by atoms with E-state index in [2.05, 4.69) is 20.1 Å². The topological polar surface area (TPSA) is 79.7 Å². The van der Waals surface area contributed by atoms with Crippen molar-refractivity contribution in [1.29, 1.82) is 0 Å². The minimum Gasteiger partial charge on any atom is -0.406 e. The van der Waals surface area contributed by atoms with Crippen LogP contribution in [-0.4, -0.2) is 76.5 Å². The van der Waals surface area contributed by atoms with Crippen LogP contribution in [0.25, 0.3) is 5.69 Å². The molecule has 4 rings (SSSR count). The van der Waals surface area contributed by atoms with Gasteiger partial charge in [-0.15, -0.1) is 13.2 Å². The quantitative estimate of drug-likeness (QED) is 0.624. The molecule has 2 amide bonds. The van der Waals surface area contributed by atoms with Gasteiger partial charge in [0.15, 0.2) is 0 Å². The molecule has 2 aliphatic rings. The minimum atomic E-state index is -4.69. The number of nitrogens with zero attached hydrogens (tertiary/aromatic N) is 4. The van der Waals surface area contributed by atoms with Crippen LogP contribution in [0.4, 0.5) is 13.2 Å². The predicted octanol–water partition coefficient (Wildman–Crippen LogP) is 3.51. The van der Waals surface area contributed by atoms with Gasteiger partial charge < -0.3 is 15.0 Å². The van der Waals surface area contributed by atoms with E-state index in [1.54, 1.807) is 17.7 Å². The molecule has 0 unspecified atom stereocenters. The summed E-state index contributed by atoms with van der Waals surface area (Å²) in [6.45, 7) is 11.0. The van der Waals surface area contributed by atoms with Gasteiger partial charge in [0.05, 0.1) is 11.4 Å². The molecular formula is C25H34F3N5O3. The maximum atomic E-state index is 12.2. The average Bonchev–Trinajstić information content (AvgIpc) is 3.38. The van der Waals surface area contributed by atoms with E-state index in [1.165, 1.54) is 18.2 Å². The fourth-order valence-corrected chi connectivity index (χ4v) is 4.67. The third kappa shape index (κ3) is 7.46. The number of carbonyl (C=O) groups excluding carboxylic acids is 2. The SMILES string of the molecule is CC(=O)N[C@H]1CCN(C2CCN(C=O)CC2)C1.Cc1nn(-c2cccc(OC(F)(F)F)c2)c(C)c1C. The molecule has 36 heavy (non-hydrogen) atoms. The number of carbonyl (C=O) groups is 2. The Morgan fingerprint density at radius 1 is 1.14 bits per heavy atom. The highest BCUT2D eigenvalue weighted by Crippen LogP contribution is 2.26. The van der Waals surface area contributed by atoms with Gasteiger partial charge in [-0.1, -0.05) is 6.07 Å². The van der Waals surface area contributed by atoms with Crippen molar-refractivity contribution in [2.24, 2.45) is 0 Å². The molecule has 1 aromatic heterocycles. The first-order chi connectivity index (χ1) is 17.0. The van der Waals surface area contributed by atoms with E-state index in [0.29, 0.717) is 17.8 Å². The zero-order chi connectivity index (χ0) is 26.5. The molecule has 3 heterocycles. The Bertz CT molecular complexity index is 1050. The highest BCUT2D eigenvalue weighted by atomic mass is 19.4. The molecule has 198 valence electrons. The molecule has 2 fully saturated rings. The molecule has 0 bridgehead atoms. The molecule has 0 spiro atoms. The summed E-state index contributed by atoms with van der Waals surface area (Å²) in [5.74, 6) is -0.192. The number of nitrogens with one attached hydrogen (secondary N) is 1. The number of piperidine rings is 1. The summed E-state index contributed by atoms with van der Waals surface area (Å²) < 4.78 is 42.0. The monoisotopic (exact) mass is 509 g/mol. The second-order valence-electron chi connectivity index (χ2n) is 9.31. The van der Waals surface area contributed by atoms with Crippen molar-refractivity contribution < 1.29 is 27.5 Å². The van der Waals surface area contributed by atoms with Gasteiger partial charge >= 0.3 is 6.36 Å². The Kier molecular flexibility index (Phi) is 8.99. The van der Waals surface area contributed by atoms with Gasteiger partial charge in [-0.25, -0.2) is 4.68 Å². The Labute approximate surface area is 209 Å². The van der Waals surface area contributed by atoms with Crippen molar-refractivity contribution >= 4 is 12.3 Å². The summed E-state index contributed by atoms with van der Waals surface area (Å²) in [7, 11) is 0. The Hall–Kier alpha value is -3.08. The van der Waals surface area contributed by atoms with Crippen LogP contribution in [0.3, 0.4) is 0 Å². The van der Waals surface area contributed by atoms with Crippen molar-refractivity contribution in [2.75, 3.05) is 26.2 Å². The van der Waals surface area contributed by atoms with Crippen LogP contribution in [0.15, 0.2) is 24.3 Å². The third-order valence-electron chi connectivity index (χ3n) is 6.74.